The van der Waals surface area contributed by atoms with E-state index in [2.05, 4.69) is 22.1 Å². The number of carbonyl (C=O) groups excluding carboxylic acids is 1. The summed E-state index contributed by atoms with van der Waals surface area (Å²) >= 11 is 11.7. The molecule has 6 nitrogen and oxygen atoms in total. The lowest BCUT2D eigenvalue weighted by Gasteiger charge is -2.37. The maximum atomic E-state index is 12.7. The highest BCUT2D eigenvalue weighted by Crippen LogP contribution is 2.22. The van der Waals surface area contributed by atoms with Gasteiger partial charge < -0.3 is 14.9 Å². The Morgan fingerprint density at radius 2 is 2.10 bits per heavy atom. The van der Waals surface area contributed by atoms with Gasteiger partial charge in [0.25, 0.3) is 5.91 Å². The molecular weight excluding hydrogens is 315 g/mol. The van der Waals surface area contributed by atoms with Crippen LogP contribution < -0.4 is 0 Å². The van der Waals surface area contributed by atoms with Crippen molar-refractivity contribution in [3.8, 4) is 0 Å². The summed E-state index contributed by atoms with van der Waals surface area (Å²) in [5.41, 5.74) is 0.226. The van der Waals surface area contributed by atoms with Gasteiger partial charge in [0.2, 0.25) is 0 Å². The fourth-order valence-electron chi connectivity index (χ4n) is 2.52. The fourth-order valence-corrected chi connectivity index (χ4v) is 2.84. The summed E-state index contributed by atoms with van der Waals surface area (Å²) < 4.78 is 0. The van der Waals surface area contributed by atoms with Crippen molar-refractivity contribution in [2.75, 3.05) is 33.3 Å². The van der Waals surface area contributed by atoms with E-state index in [4.69, 9.17) is 23.2 Å². The minimum atomic E-state index is -0.264. The molecule has 2 heterocycles. The van der Waals surface area contributed by atoms with E-state index in [-0.39, 0.29) is 41.0 Å². The van der Waals surface area contributed by atoms with E-state index in [1.807, 2.05) is 0 Å². The molecule has 1 aliphatic heterocycles. The Morgan fingerprint density at radius 1 is 1.43 bits per heavy atom. The van der Waals surface area contributed by atoms with Gasteiger partial charge in [0.15, 0.2) is 10.3 Å². The van der Waals surface area contributed by atoms with Gasteiger partial charge in [-0.1, -0.05) is 23.2 Å². The molecule has 1 saturated heterocycles. The molecule has 21 heavy (non-hydrogen) atoms. The first-order chi connectivity index (χ1) is 10.0. The molecule has 1 amide bonds. The Morgan fingerprint density at radius 3 is 2.71 bits per heavy atom. The molecule has 0 bridgehead atoms. The van der Waals surface area contributed by atoms with E-state index in [9.17, 15) is 9.90 Å². The van der Waals surface area contributed by atoms with E-state index < -0.39 is 0 Å². The van der Waals surface area contributed by atoms with Gasteiger partial charge in [-0.3, -0.25) is 4.79 Å². The molecule has 1 N–H and O–H groups in total. The number of nitrogens with zero attached hydrogens (tertiary/aromatic N) is 4. The first-order valence-corrected chi connectivity index (χ1v) is 7.57. The molecule has 0 atom stereocenters. The van der Waals surface area contributed by atoms with Gasteiger partial charge >= 0.3 is 0 Å². The molecule has 1 aromatic rings. The van der Waals surface area contributed by atoms with Crippen molar-refractivity contribution in [1.82, 2.24) is 20.0 Å². The van der Waals surface area contributed by atoms with Crippen LogP contribution in [-0.2, 0) is 0 Å². The Balaban J connectivity index is 2.20. The molecule has 2 rings (SSSR count). The highest BCUT2D eigenvalue weighted by Gasteiger charge is 2.29. The zero-order valence-corrected chi connectivity index (χ0v) is 13.3. The second-order valence-electron chi connectivity index (χ2n) is 5.13. The van der Waals surface area contributed by atoms with Crippen LogP contribution in [0.4, 0.5) is 0 Å². The lowest BCUT2D eigenvalue weighted by molar-refractivity contribution is 0.0539. The van der Waals surface area contributed by atoms with Gasteiger partial charge in [-0.15, -0.1) is 10.2 Å². The van der Waals surface area contributed by atoms with Crippen molar-refractivity contribution in [1.29, 1.82) is 0 Å². The number of hydrogen-bond acceptors (Lipinski definition) is 5. The largest absolute Gasteiger partial charge is 0.395 e. The molecule has 0 aromatic carbocycles. The topological polar surface area (TPSA) is 69.6 Å². The maximum absolute atomic E-state index is 12.7. The van der Waals surface area contributed by atoms with Crippen molar-refractivity contribution >= 4 is 29.1 Å². The number of aliphatic hydroxyl groups is 1. The van der Waals surface area contributed by atoms with Gasteiger partial charge in [-0.05, 0) is 39.0 Å². The smallest absolute Gasteiger partial charge is 0.257 e. The third-order valence-corrected chi connectivity index (χ3v) is 4.14. The lowest BCUT2D eigenvalue weighted by atomic mass is 10.0. The highest BCUT2D eigenvalue weighted by atomic mass is 35.5. The molecule has 0 unspecified atom stereocenters. The number of aromatic nitrogens is 2. The van der Waals surface area contributed by atoms with Gasteiger partial charge in [-0.2, -0.15) is 0 Å². The molecule has 0 aliphatic carbocycles. The average Bonchev–Trinajstić information content (AvgIpc) is 2.48. The highest BCUT2D eigenvalue weighted by molar-refractivity contribution is 6.34. The normalized spacial score (nSPS) is 17.0. The van der Waals surface area contributed by atoms with E-state index in [1.54, 1.807) is 4.90 Å². The van der Waals surface area contributed by atoms with Crippen molar-refractivity contribution in [3.05, 3.63) is 21.9 Å². The third kappa shape index (κ3) is 4.03. The van der Waals surface area contributed by atoms with Gasteiger partial charge in [0.05, 0.1) is 12.2 Å². The molecule has 8 heteroatoms. The van der Waals surface area contributed by atoms with Crippen molar-refractivity contribution in [2.24, 2.45) is 0 Å². The number of halogens is 2. The number of aliphatic hydroxyl groups excluding tert-OH is 1. The molecule has 0 radical (unpaired) electrons. The van der Waals surface area contributed by atoms with E-state index in [0.29, 0.717) is 0 Å². The van der Waals surface area contributed by atoms with Crippen LogP contribution in [0, 0.1) is 0 Å². The minimum Gasteiger partial charge on any atom is -0.395 e. The summed E-state index contributed by atoms with van der Waals surface area (Å²) in [7, 11) is 2.05. The van der Waals surface area contributed by atoms with Crippen molar-refractivity contribution < 1.29 is 9.90 Å². The summed E-state index contributed by atoms with van der Waals surface area (Å²) in [6.07, 6.45) is 1.73. The third-order valence-electron chi connectivity index (χ3n) is 3.68. The zero-order valence-electron chi connectivity index (χ0n) is 11.8. The summed E-state index contributed by atoms with van der Waals surface area (Å²) in [6, 6.07) is 1.50. The predicted octanol–water partition coefficient (Wildman–Crippen LogP) is 1.31. The quantitative estimate of drug-likeness (QED) is 0.900. The molecular formula is C13H18Cl2N4O2. The van der Waals surface area contributed by atoms with Gasteiger partial charge in [-0.25, -0.2) is 0 Å². The number of hydrogen-bond donors (Lipinski definition) is 1. The van der Waals surface area contributed by atoms with Crippen LogP contribution in [-0.4, -0.2) is 70.3 Å². The SMILES string of the molecule is CN1CCC(N(CCO)C(=O)c2cc(Cl)nnc2Cl)CC1. The summed E-state index contributed by atoms with van der Waals surface area (Å²) in [5, 5.41) is 16.7. The van der Waals surface area contributed by atoms with Crippen molar-refractivity contribution in [3.63, 3.8) is 0 Å². The predicted molar refractivity (Wildman–Crippen MR) is 80.7 cm³/mol. The number of piperidine rings is 1. The summed E-state index contributed by atoms with van der Waals surface area (Å²) in [4.78, 5) is 16.6. The summed E-state index contributed by atoms with van der Waals surface area (Å²) in [5.74, 6) is -0.264. The van der Waals surface area contributed by atoms with Gasteiger partial charge in [0, 0.05) is 12.6 Å². The zero-order chi connectivity index (χ0) is 15.4. The number of rotatable bonds is 4. The first kappa shape index (κ1) is 16.4. The molecule has 1 aliphatic rings. The van der Waals surface area contributed by atoms with Crippen LogP contribution in [0.1, 0.15) is 23.2 Å². The Labute approximate surface area is 133 Å². The second-order valence-corrected chi connectivity index (χ2v) is 5.87. The van der Waals surface area contributed by atoms with Crippen LogP contribution in [0.25, 0.3) is 0 Å². The first-order valence-electron chi connectivity index (χ1n) is 6.82. The molecule has 116 valence electrons. The Bertz CT molecular complexity index is 507. The second kappa shape index (κ2) is 7.35. The maximum Gasteiger partial charge on any atom is 0.257 e. The van der Waals surface area contributed by atoms with E-state index >= 15 is 0 Å². The Hall–Kier alpha value is -0.950. The molecule has 0 spiro atoms. The number of amides is 1. The van der Waals surface area contributed by atoms with Crippen LogP contribution in [0.15, 0.2) is 6.07 Å². The van der Waals surface area contributed by atoms with Crippen molar-refractivity contribution in [2.45, 2.75) is 18.9 Å². The molecule has 1 aromatic heterocycles. The Kier molecular flexibility index (Phi) is 5.75. The lowest BCUT2D eigenvalue weighted by Crippen LogP contribution is -2.47. The molecule has 0 saturated carbocycles. The molecule has 1 fully saturated rings. The average molecular weight is 333 g/mol. The van der Waals surface area contributed by atoms with Crippen LogP contribution in [0.2, 0.25) is 10.3 Å². The van der Waals surface area contributed by atoms with Crippen LogP contribution in [0.5, 0.6) is 0 Å². The van der Waals surface area contributed by atoms with Crippen LogP contribution in [0.3, 0.4) is 0 Å². The van der Waals surface area contributed by atoms with Gasteiger partial charge in [0.1, 0.15) is 0 Å². The van der Waals surface area contributed by atoms with E-state index in [1.165, 1.54) is 6.07 Å². The number of carbonyl (C=O) groups is 1. The van der Waals surface area contributed by atoms with Crippen LogP contribution >= 0.6 is 23.2 Å². The monoisotopic (exact) mass is 332 g/mol. The van der Waals surface area contributed by atoms with E-state index in [0.717, 1.165) is 25.9 Å². The standard InChI is InChI=1S/C13H18Cl2N4O2/c1-18-4-2-9(3-5-18)19(6-7-20)13(21)10-8-11(14)16-17-12(10)15/h8-9,20H,2-7H2,1H3. The number of likely N-dealkylation sites (tertiary alicyclic amines) is 1. The summed E-state index contributed by atoms with van der Waals surface area (Å²) in [6.45, 7) is 2.01. The fraction of sp³-hybridized carbons (Fsp3) is 0.615. The minimum absolute atomic E-state index is 0.0280.